The van der Waals surface area contributed by atoms with Gasteiger partial charge >= 0.3 is 0 Å². The molecule has 3 aromatic carbocycles. The normalized spacial score (nSPS) is 15.9. The van der Waals surface area contributed by atoms with Gasteiger partial charge < -0.3 is 18.9 Å². The summed E-state index contributed by atoms with van der Waals surface area (Å²) in [6.07, 6.45) is 2.53. The maximum atomic E-state index is 13.3. The number of fused-ring (bicyclic) bond motifs is 3. The number of carbonyl (C=O) groups is 1. The third-order valence-corrected chi connectivity index (χ3v) is 6.72. The second kappa shape index (κ2) is 9.64. The molecule has 7 heteroatoms. The Morgan fingerprint density at radius 3 is 2.66 bits per heavy atom. The van der Waals surface area contributed by atoms with Crippen LogP contribution in [0.15, 0.2) is 54.3 Å². The van der Waals surface area contributed by atoms with Crippen LogP contribution in [0.25, 0.3) is 6.08 Å². The monoisotopic (exact) mass is 491 g/mol. The van der Waals surface area contributed by atoms with Crippen LogP contribution in [0.3, 0.4) is 0 Å². The van der Waals surface area contributed by atoms with Crippen molar-refractivity contribution in [3.63, 3.8) is 0 Å². The fraction of sp³-hybridized carbons (Fsp3) is 0.250. The number of ketones is 1. The van der Waals surface area contributed by atoms with Crippen molar-refractivity contribution < 1.29 is 23.7 Å². The molecule has 35 heavy (non-hydrogen) atoms. The van der Waals surface area contributed by atoms with Crippen molar-refractivity contribution in [1.29, 1.82) is 0 Å². The minimum atomic E-state index is -0.136. The number of methoxy groups -OCH3 is 2. The van der Waals surface area contributed by atoms with E-state index in [9.17, 15) is 4.79 Å². The molecular weight excluding hydrogens is 466 g/mol. The van der Waals surface area contributed by atoms with E-state index in [2.05, 4.69) is 4.90 Å². The molecule has 2 aliphatic rings. The van der Waals surface area contributed by atoms with Crippen LogP contribution < -0.4 is 18.9 Å². The Hall–Kier alpha value is -3.48. The van der Waals surface area contributed by atoms with Crippen LogP contribution in [-0.2, 0) is 13.0 Å². The van der Waals surface area contributed by atoms with E-state index < -0.39 is 0 Å². The first-order valence-electron chi connectivity index (χ1n) is 11.4. The summed E-state index contributed by atoms with van der Waals surface area (Å²) in [5, 5.41) is 0.765. The van der Waals surface area contributed by atoms with Crippen LogP contribution in [0.5, 0.6) is 23.0 Å². The Kier molecular flexibility index (Phi) is 6.41. The first kappa shape index (κ1) is 23.3. The van der Waals surface area contributed by atoms with Gasteiger partial charge in [0, 0.05) is 18.1 Å². The molecule has 0 unspecified atom stereocenters. The Morgan fingerprint density at radius 1 is 1.09 bits per heavy atom. The molecule has 2 aliphatic heterocycles. The minimum Gasteiger partial charge on any atom is -0.493 e. The van der Waals surface area contributed by atoms with Crippen molar-refractivity contribution in [2.75, 3.05) is 27.5 Å². The molecular formula is C28H26ClNO5. The van der Waals surface area contributed by atoms with Gasteiger partial charge in [-0.15, -0.1) is 0 Å². The van der Waals surface area contributed by atoms with E-state index >= 15 is 0 Å². The predicted molar refractivity (Wildman–Crippen MR) is 135 cm³/mol. The van der Waals surface area contributed by atoms with Crippen molar-refractivity contribution >= 4 is 23.5 Å². The molecule has 0 atom stereocenters. The summed E-state index contributed by atoms with van der Waals surface area (Å²) in [5.41, 5.74) is 4.19. The molecule has 5 rings (SSSR count). The molecule has 0 N–H and O–H groups in total. The number of halogens is 1. The van der Waals surface area contributed by atoms with E-state index in [1.165, 1.54) is 0 Å². The lowest BCUT2D eigenvalue weighted by Gasteiger charge is -2.30. The fourth-order valence-electron chi connectivity index (χ4n) is 4.49. The molecule has 0 saturated carbocycles. The van der Waals surface area contributed by atoms with E-state index in [1.54, 1.807) is 26.4 Å². The first-order valence-corrected chi connectivity index (χ1v) is 11.8. The van der Waals surface area contributed by atoms with Gasteiger partial charge in [0.1, 0.15) is 18.2 Å². The van der Waals surface area contributed by atoms with E-state index in [1.807, 2.05) is 49.4 Å². The van der Waals surface area contributed by atoms with Crippen LogP contribution in [-0.4, -0.2) is 38.2 Å². The van der Waals surface area contributed by atoms with E-state index in [4.69, 9.17) is 30.5 Å². The first-order chi connectivity index (χ1) is 17.0. The second-order valence-electron chi connectivity index (χ2n) is 8.60. The molecule has 0 bridgehead atoms. The summed E-state index contributed by atoms with van der Waals surface area (Å²) in [6.45, 7) is 3.78. The summed E-state index contributed by atoms with van der Waals surface area (Å²) < 4.78 is 22.9. The third-order valence-electron chi connectivity index (χ3n) is 6.35. The van der Waals surface area contributed by atoms with Gasteiger partial charge in [-0.1, -0.05) is 35.9 Å². The summed E-state index contributed by atoms with van der Waals surface area (Å²) in [6, 6.07) is 15.3. The standard InChI is InChI=1S/C28H26ClNO5/c1-17-12-23-20(15-30(16-34-23)11-10-19-6-4-5-7-21(19)29)28-26(17)27(31)25(35-28)14-18-8-9-22(32-2)24(13-18)33-3/h4-9,12-14H,10-11,15-16H2,1-3H3/b25-14-. The SMILES string of the molecule is COc1ccc(/C=C2\Oc3c4c(cc(C)c3C2=O)OCN(CCc2ccccc2Cl)C4)cc1OC. The molecule has 0 radical (unpaired) electrons. The Bertz CT molecular complexity index is 1330. The van der Waals surface area contributed by atoms with Gasteiger partial charge in [-0.3, -0.25) is 9.69 Å². The molecule has 0 aliphatic carbocycles. The lowest BCUT2D eigenvalue weighted by Crippen LogP contribution is -2.34. The number of carbonyl (C=O) groups excluding carboxylic acids is 1. The summed E-state index contributed by atoms with van der Waals surface area (Å²) >= 11 is 6.32. The van der Waals surface area contributed by atoms with Gasteiger partial charge in [-0.25, -0.2) is 0 Å². The van der Waals surface area contributed by atoms with E-state index in [0.717, 1.165) is 46.0 Å². The highest BCUT2D eigenvalue weighted by Gasteiger charge is 2.35. The Morgan fingerprint density at radius 2 is 1.89 bits per heavy atom. The van der Waals surface area contributed by atoms with Crippen LogP contribution in [0.4, 0.5) is 0 Å². The molecule has 0 spiro atoms. The van der Waals surface area contributed by atoms with Gasteiger partial charge in [0.05, 0.1) is 25.3 Å². The summed E-state index contributed by atoms with van der Waals surface area (Å²) in [7, 11) is 3.16. The largest absolute Gasteiger partial charge is 0.493 e. The van der Waals surface area contributed by atoms with Crippen LogP contribution >= 0.6 is 11.6 Å². The maximum Gasteiger partial charge on any atom is 0.232 e. The van der Waals surface area contributed by atoms with E-state index in [-0.39, 0.29) is 11.5 Å². The zero-order valence-corrected chi connectivity index (χ0v) is 20.6. The number of rotatable bonds is 6. The van der Waals surface area contributed by atoms with Crippen LogP contribution in [0, 0.1) is 6.92 Å². The van der Waals surface area contributed by atoms with Gasteiger partial charge in [-0.2, -0.15) is 0 Å². The molecule has 0 fully saturated rings. The highest BCUT2D eigenvalue weighted by molar-refractivity contribution is 6.31. The maximum absolute atomic E-state index is 13.3. The van der Waals surface area contributed by atoms with Crippen molar-refractivity contribution in [2.24, 2.45) is 0 Å². The quantitative estimate of drug-likeness (QED) is 0.414. The fourth-order valence-corrected chi connectivity index (χ4v) is 4.72. The molecule has 0 amide bonds. The molecule has 180 valence electrons. The average molecular weight is 492 g/mol. The summed E-state index contributed by atoms with van der Waals surface area (Å²) in [5.74, 6) is 2.69. The zero-order valence-electron chi connectivity index (χ0n) is 19.9. The number of Topliss-reactive ketones (excluding diaryl/α,β-unsaturated/α-hetero) is 1. The zero-order chi connectivity index (χ0) is 24.5. The van der Waals surface area contributed by atoms with Gasteiger partial charge in [-0.05, 0) is 60.4 Å². The van der Waals surface area contributed by atoms with Crippen molar-refractivity contribution in [3.8, 4) is 23.0 Å². The van der Waals surface area contributed by atoms with Gasteiger partial charge in [0.25, 0.3) is 0 Å². The number of hydrogen-bond donors (Lipinski definition) is 0. The highest BCUT2D eigenvalue weighted by atomic mass is 35.5. The average Bonchev–Trinajstić information content (AvgIpc) is 3.20. The lowest BCUT2D eigenvalue weighted by atomic mass is 9.98. The smallest absolute Gasteiger partial charge is 0.232 e. The Balaban J connectivity index is 1.40. The third kappa shape index (κ3) is 4.47. The number of nitrogens with zero attached hydrogens (tertiary/aromatic N) is 1. The molecule has 0 aromatic heterocycles. The van der Waals surface area contributed by atoms with Crippen molar-refractivity contribution in [2.45, 2.75) is 19.9 Å². The second-order valence-corrected chi connectivity index (χ2v) is 9.00. The van der Waals surface area contributed by atoms with Crippen LogP contribution in [0.2, 0.25) is 5.02 Å². The van der Waals surface area contributed by atoms with Crippen molar-refractivity contribution in [1.82, 2.24) is 4.90 Å². The molecule has 3 aromatic rings. The lowest BCUT2D eigenvalue weighted by molar-refractivity contribution is 0.0949. The Labute approximate surface area is 209 Å². The van der Waals surface area contributed by atoms with Gasteiger partial charge in [0.15, 0.2) is 17.3 Å². The number of hydrogen-bond acceptors (Lipinski definition) is 6. The summed E-state index contributed by atoms with van der Waals surface area (Å²) in [4.78, 5) is 15.5. The predicted octanol–water partition coefficient (Wildman–Crippen LogP) is 5.68. The topological polar surface area (TPSA) is 57.2 Å². The highest BCUT2D eigenvalue weighted by Crippen LogP contribution is 2.44. The molecule has 0 saturated heterocycles. The number of aryl methyl sites for hydroxylation is 1. The van der Waals surface area contributed by atoms with Gasteiger partial charge in [0.2, 0.25) is 5.78 Å². The number of ether oxygens (including phenoxy) is 4. The molecule has 2 heterocycles. The van der Waals surface area contributed by atoms with Crippen molar-refractivity contribution in [3.05, 3.63) is 87.1 Å². The number of allylic oxidation sites excluding steroid dienone is 1. The molecule has 6 nitrogen and oxygen atoms in total. The number of benzene rings is 3. The minimum absolute atomic E-state index is 0.136. The van der Waals surface area contributed by atoms with E-state index in [0.29, 0.717) is 36.1 Å². The van der Waals surface area contributed by atoms with Crippen LogP contribution in [0.1, 0.15) is 32.6 Å².